The lowest BCUT2D eigenvalue weighted by atomic mass is 10.0. The van der Waals surface area contributed by atoms with E-state index in [0.717, 1.165) is 33.2 Å². The number of aryl methyl sites for hydroxylation is 3. The molecule has 0 radical (unpaired) electrons. The third kappa shape index (κ3) is 6.22. The van der Waals surface area contributed by atoms with Crippen LogP contribution in [-0.2, 0) is 31.3 Å². The zero-order valence-corrected chi connectivity index (χ0v) is 26.3. The molecule has 10 nitrogen and oxygen atoms in total. The molecule has 0 amide bonds. The molecule has 4 heterocycles. The van der Waals surface area contributed by atoms with Crippen LogP contribution in [0.3, 0.4) is 0 Å². The standard InChI is InChI=1S/C33H36F2N8O2/c1-7-29-26-11-22(13-28(35)31(26)43(38-29)32(44)45-33(3,4)5)25-15-37-41(19-25)9-8-20(2)16-42-18-23-10-21(12-27(34)30(23)39-42)24-14-36-40(6)17-24/h10-15,17-20H,7-9,16H2,1-6H3/p+1. The summed E-state index contributed by atoms with van der Waals surface area (Å²) < 4.78 is 42.3. The Labute approximate surface area is 259 Å². The molecule has 0 fully saturated rings. The summed E-state index contributed by atoms with van der Waals surface area (Å²) >= 11 is 0. The Hall–Kier alpha value is -4.87. The van der Waals surface area contributed by atoms with Crippen LogP contribution in [0.2, 0.25) is 0 Å². The van der Waals surface area contributed by atoms with E-state index in [9.17, 15) is 9.18 Å². The van der Waals surface area contributed by atoms with Crippen molar-refractivity contribution in [3.63, 3.8) is 0 Å². The maximum atomic E-state index is 15.5. The topological polar surface area (TPSA) is 99.4 Å². The fraction of sp³-hybridized carbons (Fsp3) is 0.364. The summed E-state index contributed by atoms with van der Waals surface area (Å²) in [6.45, 7) is 10.6. The number of nitrogens with zero attached hydrogens (tertiary/aromatic N) is 7. The molecule has 1 atom stereocenters. The molecule has 12 heteroatoms. The molecule has 0 aliphatic heterocycles. The van der Waals surface area contributed by atoms with E-state index in [1.165, 1.54) is 12.1 Å². The van der Waals surface area contributed by atoms with Crippen LogP contribution in [0.1, 0.15) is 46.7 Å². The minimum atomic E-state index is -0.735. The molecule has 0 spiro atoms. The number of aromatic amines is 1. The van der Waals surface area contributed by atoms with Gasteiger partial charge in [0, 0.05) is 48.4 Å². The lowest BCUT2D eigenvalue weighted by Gasteiger charge is -2.19. The second-order valence-electron chi connectivity index (χ2n) is 12.7. The van der Waals surface area contributed by atoms with E-state index in [-0.39, 0.29) is 17.3 Å². The molecule has 0 saturated heterocycles. The fourth-order valence-electron chi connectivity index (χ4n) is 5.57. The van der Waals surface area contributed by atoms with Crippen molar-refractivity contribution in [1.29, 1.82) is 0 Å². The molecule has 6 aromatic rings. The quantitative estimate of drug-likeness (QED) is 0.199. The van der Waals surface area contributed by atoms with E-state index in [0.29, 0.717) is 41.7 Å². The van der Waals surface area contributed by atoms with E-state index in [2.05, 4.69) is 27.3 Å². The van der Waals surface area contributed by atoms with Gasteiger partial charge in [0.15, 0.2) is 12.4 Å². The average molecular weight is 616 g/mol. The molecule has 2 aromatic carbocycles. The van der Waals surface area contributed by atoms with Gasteiger partial charge in [0.25, 0.3) is 0 Å². The van der Waals surface area contributed by atoms with Crippen LogP contribution < -0.4 is 4.68 Å². The summed E-state index contributed by atoms with van der Waals surface area (Å²) in [5.41, 5.74) is 3.51. The highest BCUT2D eigenvalue weighted by Gasteiger charge is 2.25. The van der Waals surface area contributed by atoms with Gasteiger partial charge in [-0.05, 0) is 69.0 Å². The van der Waals surface area contributed by atoms with Crippen molar-refractivity contribution < 1.29 is 23.0 Å². The summed E-state index contributed by atoms with van der Waals surface area (Å²) in [4.78, 5) is 12.8. The molecule has 0 bridgehead atoms. The normalized spacial score (nSPS) is 12.8. The summed E-state index contributed by atoms with van der Waals surface area (Å²) in [5.74, 6) is -0.600. The van der Waals surface area contributed by atoms with Crippen molar-refractivity contribution in [3.8, 4) is 22.3 Å². The number of benzene rings is 2. The largest absolute Gasteiger partial charge is 0.442 e. The number of ether oxygens (including phenoxy) is 1. The Balaban J connectivity index is 1.15. The van der Waals surface area contributed by atoms with Gasteiger partial charge in [0.05, 0.1) is 23.5 Å². The lowest BCUT2D eigenvalue weighted by Crippen LogP contribution is -2.38. The van der Waals surface area contributed by atoms with Crippen molar-refractivity contribution in [2.75, 3.05) is 0 Å². The van der Waals surface area contributed by atoms with Crippen molar-refractivity contribution in [2.45, 2.75) is 66.2 Å². The van der Waals surface area contributed by atoms with E-state index in [1.54, 1.807) is 37.8 Å². The maximum absolute atomic E-state index is 15.5. The predicted octanol–water partition coefficient (Wildman–Crippen LogP) is 6.42. The van der Waals surface area contributed by atoms with Crippen LogP contribution in [0.5, 0.6) is 0 Å². The van der Waals surface area contributed by atoms with Gasteiger partial charge in [-0.25, -0.2) is 13.6 Å². The number of rotatable bonds is 8. The van der Waals surface area contributed by atoms with E-state index < -0.39 is 17.5 Å². The van der Waals surface area contributed by atoms with Crippen molar-refractivity contribution in [2.24, 2.45) is 13.0 Å². The molecule has 234 valence electrons. The van der Waals surface area contributed by atoms with Crippen LogP contribution in [0.4, 0.5) is 13.6 Å². The summed E-state index contributed by atoms with van der Waals surface area (Å²) in [5, 5.41) is 17.6. The van der Waals surface area contributed by atoms with Gasteiger partial charge >= 0.3 is 6.09 Å². The first-order valence-corrected chi connectivity index (χ1v) is 15.1. The van der Waals surface area contributed by atoms with Gasteiger partial charge in [-0.3, -0.25) is 9.36 Å². The monoisotopic (exact) mass is 615 g/mol. The first-order chi connectivity index (χ1) is 21.4. The molecule has 0 aliphatic rings. The zero-order valence-electron chi connectivity index (χ0n) is 26.3. The Morgan fingerprint density at radius 2 is 1.73 bits per heavy atom. The van der Waals surface area contributed by atoms with Gasteiger partial charge in [-0.15, -0.1) is 4.68 Å². The average Bonchev–Trinajstić information content (AvgIpc) is 3.76. The van der Waals surface area contributed by atoms with Crippen molar-refractivity contribution in [3.05, 3.63) is 72.6 Å². The number of fused-ring (bicyclic) bond motifs is 2. The number of aromatic nitrogens is 8. The predicted molar refractivity (Wildman–Crippen MR) is 166 cm³/mol. The summed E-state index contributed by atoms with van der Waals surface area (Å²) in [7, 11) is 1.83. The second-order valence-corrected chi connectivity index (χ2v) is 12.7. The van der Waals surface area contributed by atoms with Gasteiger partial charge in [-0.1, -0.05) is 13.8 Å². The lowest BCUT2D eigenvalue weighted by molar-refractivity contribution is -0.753. The van der Waals surface area contributed by atoms with Crippen LogP contribution in [-0.4, -0.2) is 46.1 Å². The van der Waals surface area contributed by atoms with Crippen LogP contribution in [0.15, 0.2) is 55.2 Å². The van der Waals surface area contributed by atoms with Gasteiger partial charge < -0.3 is 4.74 Å². The highest BCUT2D eigenvalue weighted by Crippen LogP contribution is 2.30. The molecule has 6 rings (SSSR count). The summed E-state index contributed by atoms with van der Waals surface area (Å²) in [6, 6.07) is 6.74. The Morgan fingerprint density at radius 1 is 1.02 bits per heavy atom. The highest BCUT2D eigenvalue weighted by molar-refractivity contribution is 5.93. The molecule has 0 saturated carbocycles. The number of H-pyrrole nitrogens is 1. The molecular weight excluding hydrogens is 578 g/mol. The third-order valence-corrected chi connectivity index (χ3v) is 7.74. The fourth-order valence-corrected chi connectivity index (χ4v) is 5.57. The maximum Gasteiger partial charge on any atom is 0.435 e. The minimum absolute atomic E-state index is 0.105. The smallest absolute Gasteiger partial charge is 0.435 e. The van der Waals surface area contributed by atoms with Crippen LogP contribution >= 0.6 is 0 Å². The van der Waals surface area contributed by atoms with Gasteiger partial charge in [-0.2, -0.15) is 25.1 Å². The third-order valence-electron chi connectivity index (χ3n) is 7.74. The molecular formula is C33H37F2N8O2+. The van der Waals surface area contributed by atoms with Crippen molar-refractivity contribution in [1.82, 2.24) is 34.4 Å². The van der Waals surface area contributed by atoms with Gasteiger partial charge in [0.1, 0.15) is 22.5 Å². The SMILES string of the molecule is CCc1nn(C(=O)OC(C)(C)C)c2c(F)cc(-c3cnn(CCC(C)C[n+]4cc5cc(-c6cnn(C)c6)cc(F)c5[nH]4)c3)cc12. The zero-order chi connectivity index (χ0) is 32.0. The van der Waals surface area contributed by atoms with Crippen molar-refractivity contribution >= 4 is 27.9 Å². The number of hydrogen-bond acceptors (Lipinski definition) is 5. The first kappa shape index (κ1) is 30.2. The number of carbonyl (C=O) groups is 1. The van der Waals surface area contributed by atoms with E-state index in [4.69, 9.17) is 4.74 Å². The molecule has 45 heavy (non-hydrogen) atoms. The molecule has 4 aromatic heterocycles. The van der Waals surface area contributed by atoms with Gasteiger partial charge in [0.2, 0.25) is 6.20 Å². The molecule has 0 aliphatic carbocycles. The highest BCUT2D eigenvalue weighted by atomic mass is 19.1. The minimum Gasteiger partial charge on any atom is -0.442 e. The first-order valence-electron chi connectivity index (χ1n) is 15.1. The van der Waals surface area contributed by atoms with Crippen LogP contribution in [0, 0.1) is 17.6 Å². The Bertz CT molecular complexity index is 2030. The summed E-state index contributed by atoms with van der Waals surface area (Å²) in [6.07, 6.45) is 9.75. The Morgan fingerprint density at radius 3 is 2.44 bits per heavy atom. The number of halogens is 2. The second kappa shape index (κ2) is 11.6. The molecule has 1 unspecified atom stereocenters. The Kier molecular flexibility index (Phi) is 7.75. The molecule has 1 N–H and O–H groups in total. The van der Waals surface area contributed by atoms with E-state index >= 15 is 4.39 Å². The van der Waals surface area contributed by atoms with E-state index in [1.807, 2.05) is 54.1 Å². The number of carbonyl (C=O) groups excluding carboxylic acids is 1. The number of hydrogen-bond donors (Lipinski definition) is 1. The number of nitrogens with one attached hydrogen (secondary N) is 1. The van der Waals surface area contributed by atoms with Crippen LogP contribution in [0.25, 0.3) is 44.1 Å².